The molecule has 1 fully saturated rings. The van der Waals surface area contributed by atoms with Crippen molar-refractivity contribution in [2.24, 2.45) is 5.41 Å². The number of halogens is 1. The van der Waals surface area contributed by atoms with Crippen molar-refractivity contribution in [3.8, 4) is 0 Å². The molecule has 0 radical (unpaired) electrons. The Morgan fingerprint density at radius 2 is 1.85 bits per heavy atom. The van der Waals surface area contributed by atoms with Crippen LogP contribution in [0.2, 0.25) is 0 Å². The second-order valence-corrected chi connectivity index (χ2v) is 8.33. The van der Waals surface area contributed by atoms with Gasteiger partial charge in [0, 0.05) is 10.7 Å². The molecule has 2 aromatic rings. The molecule has 2 atom stereocenters. The number of aryl methyl sites for hydroxylation is 2. The summed E-state index contributed by atoms with van der Waals surface area (Å²) in [7, 11) is 0. The van der Waals surface area contributed by atoms with Crippen molar-refractivity contribution >= 4 is 21.5 Å². The van der Waals surface area contributed by atoms with Gasteiger partial charge in [-0.1, -0.05) is 82.2 Å². The van der Waals surface area contributed by atoms with Crippen molar-refractivity contribution in [3.05, 3.63) is 77.4 Å². The molecular formula is C23H27BrO2. The molecule has 0 saturated carbocycles. The highest BCUT2D eigenvalue weighted by Gasteiger charge is 2.49. The molecule has 1 N–H and O–H groups in total. The Morgan fingerprint density at radius 1 is 1.15 bits per heavy atom. The number of ether oxygens (including phenoxy) is 1. The third kappa shape index (κ3) is 3.80. The van der Waals surface area contributed by atoms with Crippen LogP contribution in [0.4, 0.5) is 0 Å². The molecule has 1 aliphatic heterocycles. The van der Waals surface area contributed by atoms with Crippen LogP contribution < -0.4 is 0 Å². The topological polar surface area (TPSA) is 29.5 Å². The van der Waals surface area contributed by atoms with Gasteiger partial charge in [-0.15, -0.1) is 0 Å². The molecular weight excluding hydrogens is 388 g/mol. The molecule has 0 aromatic heterocycles. The highest BCUT2D eigenvalue weighted by atomic mass is 79.9. The third-order valence-corrected chi connectivity index (χ3v) is 6.33. The van der Waals surface area contributed by atoms with E-state index in [1.54, 1.807) is 0 Å². The minimum Gasteiger partial charge on any atom is -0.396 e. The minimum absolute atomic E-state index is 0.0956. The molecule has 1 saturated heterocycles. The number of rotatable bonds is 6. The molecule has 0 bridgehead atoms. The number of alkyl halides is 1. The van der Waals surface area contributed by atoms with Crippen molar-refractivity contribution in [2.75, 3.05) is 18.5 Å². The molecule has 0 spiro atoms. The van der Waals surface area contributed by atoms with Gasteiger partial charge in [0.2, 0.25) is 0 Å². The fraction of sp³-hybridized carbons (Fsp3) is 0.391. The number of hydrogen-bond donors (Lipinski definition) is 1. The smallest absolute Gasteiger partial charge is 0.103 e. The SMILES string of the molecule is C=C(C[C@@]1(CO)CO[C@@](CBr)(c2cccc(C)c2)C1)c1cccc(C)c1. The van der Waals surface area contributed by atoms with E-state index in [2.05, 4.69) is 84.9 Å². The van der Waals surface area contributed by atoms with Crippen LogP contribution in [0, 0.1) is 19.3 Å². The van der Waals surface area contributed by atoms with E-state index in [9.17, 15) is 5.11 Å². The lowest BCUT2D eigenvalue weighted by molar-refractivity contribution is 0.0146. The van der Waals surface area contributed by atoms with Crippen LogP contribution >= 0.6 is 15.9 Å². The van der Waals surface area contributed by atoms with Gasteiger partial charge >= 0.3 is 0 Å². The van der Waals surface area contributed by atoms with E-state index in [4.69, 9.17) is 4.74 Å². The predicted molar refractivity (Wildman–Crippen MR) is 112 cm³/mol. The second kappa shape index (κ2) is 7.67. The summed E-state index contributed by atoms with van der Waals surface area (Å²) in [5.74, 6) is 0. The van der Waals surface area contributed by atoms with Gasteiger partial charge in [0.15, 0.2) is 0 Å². The number of aliphatic hydroxyl groups excluding tert-OH is 1. The van der Waals surface area contributed by atoms with Crippen molar-refractivity contribution in [2.45, 2.75) is 32.3 Å². The molecule has 3 heteroatoms. The molecule has 1 aliphatic rings. The van der Waals surface area contributed by atoms with Crippen molar-refractivity contribution in [3.63, 3.8) is 0 Å². The van der Waals surface area contributed by atoms with Crippen LogP contribution in [-0.2, 0) is 10.3 Å². The van der Waals surface area contributed by atoms with E-state index in [-0.39, 0.29) is 12.0 Å². The van der Waals surface area contributed by atoms with Crippen molar-refractivity contribution in [1.82, 2.24) is 0 Å². The standard InChI is InChI=1S/C23H27BrO2/c1-17-6-4-8-20(10-17)19(3)12-22(15-25)13-23(14-24,26-16-22)21-9-5-7-18(2)11-21/h4-11,25H,3,12-16H2,1-2H3/t22-,23+/m1/s1. The van der Waals surface area contributed by atoms with Gasteiger partial charge in [0.1, 0.15) is 5.60 Å². The Hall–Kier alpha value is -1.42. The molecule has 1 heterocycles. The van der Waals surface area contributed by atoms with Gasteiger partial charge in [-0.25, -0.2) is 0 Å². The monoisotopic (exact) mass is 414 g/mol. The Balaban J connectivity index is 1.85. The van der Waals surface area contributed by atoms with E-state index in [1.807, 2.05) is 0 Å². The van der Waals surface area contributed by atoms with Crippen LogP contribution in [0.25, 0.3) is 5.57 Å². The summed E-state index contributed by atoms with van der Waals surface area (Å²) < 4.78 is 6.35. The molecule has 2 nitrogen and oxygen atoms in total. The molecule has 26 heavy (non-hydrogen) atoms. The minimum atomic E-state index is -0.401. The highest BCUT2D eigenvalue weighted by Crippen LogP contribution is 2.50. The average Bonchev–Trinajstić information content (AvgIpc) is 3.02. The van der Waals surface area contributed by atoms with E-state index in [0.29, 0.717) is 11.9 Å². The van der Waals surface area contributed by atoms with Crippen LogP contribution in [0.15, 0.2) is 55.1 Å². The summed E-state index contributed by atoms with van der Waals surface area (Å²) in [4.78, 5) is 0. The van der Waals surface area contributed by atoms with Crippen molar-refractivity contribution < 1.29 is 9.84 Å². The summed E-state index contributed by atoms with van der Waals surface area (Å²) in [5.41, 5.74) is 5.10. The van der Waals surface area contributed by atoms with E-state index in [0.717, 1.165) is 24.0 Å². The molecule has 0 amide bonds. The van der Waals surface area contributed by atoms with Crippen LogP contribution in [0.1, 0.15) is 35.1 Å². The summed E-state index contributed by atoms with van der Waals surface area (Å²) in [5, 5.41) is 11.0. The zero-order chi connectivity index (χ0) is 18.8. The first-order chi connectivity index (χ1) is 12.4. The Morgan fingerprint density at radius 3 is 2.46 bits per heavy atom. The number of hydrogen-bond acceptors (Lipinski definition) is 2. The molecule has 0 aliphatic carbocycles. The summed E-state index contributed by atoms with van der Waals surface area (Å²) in [6.45, 7) is 9.12. The average molecular weight is 415 g/mol. The Kier molecular flexibility index (Phi) is 5.71. The first-order valence-electron chi connectivity index (χ1n) is 9.05. The highest BCUT2D eigenvalue weighted by molar-refractivity contribution is 9.09. The summed E-state index contributed by atoms with van der Waals surface area (Å²) >= 11 is 3.67. The first kappa shape index (κ1) is 19.3. The van der Waals surface area contributed by atoms with Gasteiger partial charge < -0.3 is 9.84 Å². The number of allylic oxidation sites excluding steroid dienone is 1. The summed E-state index contributed by atoms with van der Waals surface area (Å²) in [6, 6.07) is 16.9. The lowest BCUT2D eigenvalue weighted by Gasteiger charge is -2.31. The third-order valence-electron chi connectivity index (χ3n) is 5.43. The maximum atomic E-state index is 10.3. The van der Waals surface area contributed by atoms with Crippen molar-refractivity contribution in [1.29, 1.82) is 0 Å². The maximum Gasteiger partial charge on any atom is 0.103 e. The van der Waals surface area contributed by atoms with E-state index >= 15 is 0 Å². The zero-order valence-corrected chi connectivity index (χ0v) is 17.2. The van der Waals surface area contributed by atoms with Crippen LogP contribution in [0.3, 0.4) is 0 Å². The van der Waals surface area contributed by atoms with Gasteiger partial charge in [0.05, 0.1) is 13.2 Å². The fourth-order valence-electron chi connectivity index (χ4n) is 3.97. The van der Waals surface area contributed by atoms with Gasteiger partial charge in [-0.3, -0.25) is 0 Å². The fourth-order valence-corrected chi connectivity index (χ4v) is 4.65. The quantitative estimate of drug-likeness (QED) is 0.641. The molecule has 138 valence electrons. The number of benzene rings is 2. The van der Waals surface area contributed by atoms with Gasteiger partial charge in [0.25, 0.3) is 0 Å². The lowest BCUT2D eigenvalue weighted by Crippen LogP contribution is -2.31. The number of aliphatic hydroxyl groups is 1. The zero-order valence-electron chi connectivity index (χ0n) is 15.6. The Bertz CT molecular complexity index is 800. The van der Waals surface area contributed by atoms with E-state index < -0.39 is 5.60 Å². The Labute approximate surface area is 165 Å². The molecule has 3 rings (SSSR count). The van der Waals surface area contributed by atoms with Crippen LogP contribution in [-0.4, -0.2) is 23.7 Å². The predicted octanol–water partition coefficient (Wildman–Crippen LogP) is 5.40. The van der Waals surface area contributed by atoms with E-state index in [1.165, 1.54) is 16.7 Å². The van der Waals surface area contributed by atoms with Crippen LogP contribution in [0.5, 0.6) is 0 Å². The largest absolute Gasteiger partial charge is 0.396 e. The normalized spacial score (nSPS) is 25.4. The summed E-state index contributed by atoms with van der Waals surface area (Å²) in [6.07, 6.45) is 1.50. The molecule has 2 aromatic carbocycles. The van der Waals surface area contributed by atoms with Gasteiger partial charge in [-0.05, 0) is 43.4 Å². The maximum absolute atomic E-state index is 10.3. The lowest BCUT2D eigenvalue weighted by atomic mass is 9.74. The first-order valence-corrected chi connectivity index (χ1v) is 10.2. The second-order valence-electron chi connectivity index (χ2n) is 7.77. The van der Waals surface area contributed by atoms with Gasteiger partial charge in [-0.2, -0.15) is 0 Å². The molecule has 0 unspecified atom stereocenters.